The van der Waals surface area contributed by atoms with Crippen LogP contribution in [0.1, 0.15) is 51.6 Å². The number of rotatable bonds is 5. The number of fused-ring (bicyclic) bond motifs is 1. The number of aromatic nitrogens is 2. The van der Waals surface area contributed by atoms with E-state index in [-0.39, 0.29) is 12.6 Å². The Morgan fingerprint density at radius 1 is 1.31 bits per heavy atom. The first-order chi connectivity index (χ1) is 13.8. The van der Waals surface area contributed by atoms with Crippen molar-refractivity contribution in [2.24, 2.45) is 0 Å². The molecule has 156 valence electrons. The van der Waals surface area contributed by atoms with Gasteiger partial charge >= 0.3 is 6.09 Å². The number of anilines is 1. The molecule has 1 amide bonds. The van der Waals surface area contributed by atoms with E-state index in [0.29, 0.717) is 11.8 Å². The number of ether oxygens (including phenoxy) is 2. The van der Waals surface area contributed by atoms with E-state index in [0.717, 1.165) is 48.1 Å². The molecule has 29 heavy (non-hydrogen) atoms. The van der Waals surface area contributed by atoms with E-state index in [1.54, 1.807) is 4.90 Å². The summed E-state index contributed by atoms with van der Waals surface area (Å²) in [5, 5.41) is 4.49. The fourth-order valence-corrected chi connectivity index (χ4v) is 3.83. The molecular weight excluding hydrogens is 373 g/mol. The Morgan fingerprint density at radius 2 is 2.07 bits per heavy atom. The molecule has 7 heteroatoms. The van der Waals surface area contributed by atoms with E-state index < -0.39 is 11.8 Å². The molecule has 2 aromatic rings. The summed E-state index contributed by atoms with van der Waals surface area (Å²) in [6.45, 7) is 4.92. The zero-order chi connectivity index (χ0) is 20.8. The predicted octanol–water partition coefficient (Wildman–Crippen LogP) is 4.92. The first kappa shape index (κ1) is 19.7. The highest BCUT2D eigenvalue weighted by molar-refractivity contribution is 5.92. The Morgan fingerprint density at radius 3 is 2.72 bits per heavy atom. The van der Waals surface area contributed by atoms with Crippen LogP contribution < -0.4 is 9.64 Å². The van der Waals surface area contributed by atoms with Crippen LogP contribution in [0.5, 0.6) is 5.75 Å². The van der Waals surface area contributed by atoms with Crippen molar-refractivity contribution < 1.29 is 18.7 Å². The van der Waals surface area contributed by atoms with Crippen LogP contribution in [0.25, 0.3) is 11.1 Å². The normalized spacial score (nSPS) is 19.1. The monoisotopic (exact) mass is 401 g/mol. The third-order valence-corrected chi connectivity index (χ3v) is 5.51. The van der Waals surface area contributed by atoms with Gasteiger partial charge in [-0.1, -0.05) is 0 Å². The number of hydrogen-bond acceptors (Lipinski definition) is 4. The van der Waals surface area contributed by atoms with Crippen LogP contribution in [-0.4, -0.2) is 41.3 Å². The summed E-state index contributed by atoms with van der Waals surface area (Å²) < 4.78 is 27.3. The molecule has 2 heterocycles. The van der Waals surface area contributed by atoms with Gasteiger partial charge in [-0.05, 0) is 58.6 Å². The maximum atomic E-state index is 14.3. The second-order valence-electron chi connectivity index (χ2n) is 8.62. The minimum Gasteiger partial charge on any atom is -0.489 e. The van der Waals surface area contributed by atoms with Gasteiger partial charge in [-0.15, -0.1) is 0 Å². The van der Waals surface area contributed by atoms with Crippen molar-refractivity contribution in [3.8, 4) is 16.9 Å². The van der Waals surface area contributed by atoms with Crippen molar-refractivity contribution in [3.05, 3.63) is 30.1 Å². The molecule has 1 aliphatic heterocycles. The average molecular weight is 401 g/mol. The summed E-state index contributed by atoms with van der Waals surface area (Å²) in [7, 11) is 1.38. The molecule has 1 atom stereocenters. The van der Waals surface area contributed by atoms with Gasteiger partial charge in [-0.25, -0.2) is 9.18 Å². The fraction of sp³-hybridized carbons (Fsp3) is 0.545. The van der Waals surface area contributed by atoms with Gasteiger partial charge in [0.1, 0.15) is 18.0 Å². The zero-order valence-electron chi connectivity index (χ0n) is 17.4. The van der Waals surface area contributed by atoms with Gasteiger partial charge in [-0.2, -0.15) is 5.10 Å². The van der Waals surface area contributed by atoms with Crippen molar-refractivity contribution >= 4 is 11.8 Å². The lowest BCUT2D eigenvalue weighted by atomic mass is 9.92. The molecule has 0 spiro atoms. The van der Waals surface area contributed by atoms with Crippen molar-refractivity contribution in [1.29, 1.82) is 0 Å². The van der Waals surface area contributed by atoms with Crippen LogP contribution in [0, 0.1) is 0 Å². The number of alkyl halides is 1. The Balaban J connectivity index is 1.79. The quantitative estimate of drug-likeness (QED) is 0.714. The van der Waals surface area contributed by atoms with Crippen LogP contribution in [0.15, 0.2) is 24.5 Å². The number of benzene rings is 1. The summed E-state index contributed by atoms with van der Waals surface area (Å²) in [4.78, 5) is 14.1. The Hall–Kier alpha value is -2.57. The van der Waals surface area contributed by atoms with Crippen molar-refractivity contribution in [2.45, 2.75) is 64.2 Å². The highest BCUT2D eigenvalue weighted by Gasteiger charge is 2.33. The third-order valence-electron chi connectivity index (χ3n) is 5.51. The summed E-state index contributed by atoms with van der Waals surface area (Å²) in [5.74, 6) is 0.629. The maximum Gasteiger partial charge on any atom is 0.414 e. The summed E-state index contributed by atoms with van der Waals surface area (Å²) in [5.41, 5.74) is 2.02. The number of carbonyl (C=O) groups excluding carboxylic acids is 1. The van der Waals surface area contributed by atoms with Crippen LogP contribution in [0.3, 0.4) is 0 Å². The number of nitrogens with zero attached hydrogens (tertiary/aromatic N) is 3. The number of amides is 1. The molecule has 0 saturated heterocycles. The SMILES string of the molecule is COC(=O)N1c2ccc(-c3cnn(C4CC4)c3)c(OCC(C)(C)F)c2CC[C@@H]1C. The Kier molecular flexibility index (Phi) is 5.00. The van der Waals surface area contributed by atoms with Gasteiger partial charge in [0.25, 0.3) is 0 Å². The summed E-state index contributed by atoms with van der Waals surface area (Å²) in [6, 6.07) is 4.36. The van der Waals surface area contributed by atoms with Crippen molar-refractivity contribution in [2.75, 3.05) is 18.6 Å². The number of methoxy groups -OCH3 is 1. The molecule has 0 N–H and O–H groups in total. The lowest BCUT2D eigenvalue weighted by molar-refractivity contribution is 0.120. The number of halogens is 1. The molecule has 1 saturated carbocycles. The minimum atomic E-state index is -1.47. The molecular formula is C22H28FN3O3. The van der Waals surface area contributed by atoms with E-state index in [1.807, 2.05) is 36.1 Å². The van der Waals surface area contributed by atoms with Crippen LogP contribution in [-0.2, 0) is 11.2 Å². The average Bonchev–Trinajstić information content (AvgIpc) is 3.41. The van der Waals surface area contributed by atoms with Crippen molar-refractivity contribution in [3.63, 3.8) is 0 Å². The topological polar surface area (TPSA) is 56.6 Å². The second-order valence-corrected chi connectivity index (χ2v) is 8.62. The van der Waals surface area contributed by atoms with Crippen LogP contribution >= 0.6 is 0 Å². The summed E-state index contributed by atoms with van der Waals surface area (Å²) in [6.07, 6.45) is 7.28. The number of carbonyl (C=O) groups is 1. The molecule has 1 fully saturated rings. The Bertz CT molecular complexity index is 915. The maximum absolute atomic E-state index is 14.3. The number of hydrogen-bond donors (Lipinski definition) is 0. The van der Waals surface area contributed by atoms with Crippen molar-refractivity contribution in [1.82, 2.24) is 9.78 Å². The summed E-state index contributed by atoms with van der Waals surface area (Å²) >= 11 is 0. The predicted molar refractivity (Wildman–Crippen MR) is 109 cm³/mol. The highest BCUT2D eigenvalue weighted by Crippen LogP contribution is 2.44. The molecule has 0 bridgehead atoms. The first-order valence-corrected chi connectivity index (χ1v) is 10.2. The fourth-order valence-electron chi connectivity index (χ4n) is 3.83. The molecule has 2 aliphatic rings. The van der Waals surface area contributed by atoms with Crippen LogP contribution in [0.2, 0.25) is 0 Å². The molecule has 1 aliphatic carbocycles. The van der Waals surface area contributed by atoms with Gasteiger partial charge < -0.3 is 9.47 Å². The lowest BCUT2D eigenvalue weighted by Gasteiger charge is -2.35. The highest BCUT2D eigenvalue weighted by atomic mass is 19.1. The van der Waals surface area contributed by atoms with E-state index in [9.17, 15) is 9.18 Å². The molecule has 1 aromatic carbocycles. The molecule has 1 aromatic heterocycles. The molecule has 0 radical (unpaired) electrons. The molecule has 0 unspecified atom stereocenters. The largest absolute Gasteiger partial charge is 0.489 e. The standard InChI is InChI=1S/C22H28FN3O3/c1-14-5-8-18-19(26(14)21(27)28-4)10-9-17(20(18)29-13-22(2,3)23)15-11-24-25(12-15)16-6-7-16/h9-12,14,16H,5-8,13H2,1-4H3/t14-/m0/s1. The molecule has 4 rings (SSSR count). The van der Waals surface area contributed by atoms with E-state index in [1.165, 1.54) is 21.0 Å². The smallest absolute Gasteiger partial charge is 0.414 e. The zero-order valence-corrected chi connectivity index (χ0v) is 17.4. The van der Waals surface area contributed by atoms with Gasteiger partial charge in [0.15, 0.2) is 0 Å². The van der Waals surface area contributed by atoms with Gasteiger partial charge in [0.2, 0.25) is 0 Å². The van der Waals surface area contributed by atoms with Gasteiger partial charge in [0.05, 0.1) is 25.0 Å². The first-order valence-electron chi connectivity index (χ1n) is 10.2. The lowest BCUT2D eigenvalue weighted by Crippen LogP contribution is -2.42. The van der Waals surface area contributed by atoms with Crippen LogP contribution in [0.4, 0.5) is 14.9 Å². The second kappa shape index (κ2) is 7.35. The van der Waals surface area contributed by atoms with E-state index in [2.05, 4.69) is 5.10 Å². The van der Waals surface area contributed by atoms with Gasteiger partial charge in [-0.3, -0.25) is 9.58 Å². The van der Waals surface area contributed by atoms with E-state index in [4.69, 9.17) is 9.47 Å². The third kappa shape index (κ3) is 3.95. The van der Waals surface area contributed by atoms with Gasteiger partial charge in [0, 0.05) is 28.9 Å². The Labute approximate surface area is 170 Å². The molecule has 6 nitrogen and oxygen atoms in total. The van der Waals surface area contributed by atoms with E-state index >= 15 is 0 Å². The minimum absolute atomic E-state index is 0.0175.